The Morgan fingerprint density at radius 3 is 1.86 bits per heavy atom. The summed E-state index contributed by atoms with van der Waals surface area (Å²) in [5, 5.41) is 0. The Bertz CT molecular complexity index is 58.7. The number of hydrogen-bond donors (Lipinski definition) is 2. The Morgan fingerprint density at radius 1 is 1.14 bits per heavy atom. The second-order valence-electron chi connectivity index (χ2n) is 0.821. The average Bonchev–Trinajstić information content (AvgIpc) is 1.69. The second kappa shape index (κ2) is 5.81. The molecule has 5 heteroatoms. The third-order valence-corrected chi connectivity index (χ3v) is 2.49. The summed E-state index contributed by atoms with van der Waals surface area (Å²) in [5.74, 6) is 0. The third-order valence-electron chi connectivity index (χ3n) is 0.371. The van der Waals surface area contributed by atoms with E-state index in [1.807, 2.05) is 0 Å². The molecule has 0 aromatic carbocycles. The van der Waals surface area contributed by atoms with Gasteiger partial charge in [0, 0.05) is 0 Å². The van der Waals surface area contributed by atoms with Crippen molar-refractivity contribution in [2.45, 2.75) is 0 Å². The molecule has 0 aliphatic heterocycles. The van der Waals surface area contributed by atoms with Crippen molar-refractivity contribution >= 4 is 36.3 Å². The molecule has 38 valence electrons. The van der Waals surface area contributed by atoms with Crippen LogP contribution < -0.4 is 6.61 Å². The molecule has 0 aliphatic rings. The number of carbonyl (C=O) groups excluding carboxylic acids is 2. The second-order valence-corrected chi connectivity index (χ2v) is 4.16. The van der Waals surface area contributed by atoms with Crippen LogP contribution in [0.3, 0.4) is 0 Å². The summed E-state index contributed by atoms with van der Waals surface area (Å²) in [6, 6.07) is 0. The molecule has 0 aromatic heterocycles. The van der Waals surface area contributed by atoms with Crippen molar-refractivity contribution in [2.24, 2.45) is 0 Å². The van der Waals surface area contributed by atoms with E-state index in [0.29, 0.717) is 12.8 Å². The molecule has 2 N–H and O–H groups in total. The summed E-state index contributed by atoms with van der Waals surface area (Å²) in [4.78, 5) is 18.9. The van der Waals surface area contributed by atoms with E-state index in [-0.39, 0.29) is 0 Å². The van der Waals surface area contributed by atoms with E-state index in [1.54, 1.807) is 0 Å². The Kier molecular flexibility index (Phi) is 5.65. The fourth-order valence-corrected chi connectivity index (χ4v) is 0.954. The van der Waals surface area contributed by atoms with E-state index in [4.69, 9.17) is 0 Å². The van der Waals surface area contributed by atoms with E-state index in [1.165, 1.54) is 0 Å². The number of amides is 2. The summed E-state index contributed by atoms with van der Waals surface area (Å²) in [6.07, 6.45) is 1.21. The Morgan fingerprint density at radius 2 is 1.57 bits per heavy atom. The quantitative estimate of drug-likeness (QED) is 0.401. The first kappa shape index (κ1) is 6.81. The van der Waals surface area contributed by atoms with Crippen LogP contribution in [0.1, 0.15) is 0 Å². The summed E-state index contributed by atoms with van der Waals surface area (Å²) >= 11 is -1.35. The first-order valence-corrected chi connectivity index (χ1v) is 5.79. The third kappa shape index (κ3) is 5.81. The molecule has 0 saturated carbocycles. The van der Waals surface area contributed by atoms with Gasteiger partial charge in [-0.1, -0.05) is 0 Å². The van der Waals surface area contributed by atoms with E-state index >= 15 is 0 Å². The number of carbonyl (C=O) groups is 2. The van der Waals surface area contributed by atoms with Gasteiger partial charge in [-0.05, 0) is 0 Å². The molecule has 7 heavy (non-hydrogen) atoms. The Labute approximate surface area is 52.8 Å². The van der Waals surface area contributed by atoms with Crippen LogP contribution in [0, 0.1) is 0 Å². The molecule has 0 radical (unpaired) electrons. The van der Waals surface area contributed by atoms with E-state index in [0.717, 1.165) is 0 Å². The maximum absolute atomic E-state index is 9.47. The van der Waals surface area contributed by atoms with Crippen molar-refractivity contribution in [3.05, 3.63) is 0 Å². The van der Waals surface area contributed by atoms with Crippen molar-refractivity contribution in [2.75, 3.05) is 0 Å². The SMILES string of the molecule is O=C[NH][InH][NH]C=O. The molecule has 0 rings (SSSR count). The zero-order valence-corrected chi connectivity index (χ0v) is 7.71. The monoisotopic (exact) mass is 204 g/mol. The predicted octanol–water partition coefficient (Wildman–Crippen LogP) is -2.26. The van der Waals surface area contributed by atoms with Gasteiger partial charge in [0.2, 0.25) is 0 Å². The van der Waals surface area contributed by atoms with Crippen LogP contribution in [0.2, 0.25) is 0 Å². The van der Waals surface area contributed by atoms with Gasteiger partial charge in [-0.3, -0.25) is 0 Å². The first-order valence-electron chi connectivity index (χ1n) is 1.76. The van der Waals surface area contributed by atoms with Crippen LogP contribution in [0.25, 0.3) is 0 Å². The predicted molar refractivity (Wildman–Crippen MR) is 25.5 cm³/mol. The standard InChI is InChI=1S/2CH3NO.In.H/c2*2-1-3;;/h2*1H,(H2,2,3);;/q;;+2;/p-2. The molecule has 0 bridgehead atoms. The summed E-state index contributed by atoms with van der Waals surface area (Å²) in [5.41, 5.74) is 0. The van der Waals surface area contributed by atoms with Crippen molar-refractivity contribution in [1.29, 1.82) is 0 Å². The van der Waals surface area contributed by atoms with Crippen LogP contribution >= 0.6 is 0 Å². The van der Waals surface area contributed by atoms with Crippen molar-refractivity contribution in [1.82, 2.24) is 6.61 Å². The van der Waals surface area contributed by atoms with Gasteiger partial charge < -0.3 is 0 Å². The van der Waals surface area contributed by atoms with Crippen molar-refractivity contribution in [3.63, 3.8) is 0 Å². The van der Waals surface area contributed by atoms with Gasteiger partial charge in [-0.2, -0.15) is 0 Å². The Hall–Kier alpha value is -0.190. The molecule has 0 fully saturated rings. The minimum atomic E-state index is -1.35. The molecular weight excluding hydrogens is 199 g/mol. The Balaban J connectivity index is 2.68. The topological polar surface area (TPSA) is 58.2 Å². The van der Waals surface area contributed by atoms with Gasteiger partial charge in [-0.25, -0.2) is 0 Å². The van der Waals surface area contributed by atoms with Gasteiger partial charge in [0.05, 0.1) is 0 Å². The van der Waals surface area contributed by atoms with Crippen molar-refractivity contribution < 1.29 is 9.59 Å². The maximum atomic E-state index is 9.47. The molecule has 0 aliphatic carbocycles. The van der Waals surface area contributed by atoms with Gasteiger partial charge in [0.25, 0.3) is 0 Å². The summed E-state index contributed by atoms with van der Waals surface area (Å²) in [6.45, 7) is 0. The van der Waals surface area contributed by atoms with Crippen LogP contribution in [-0.2, 0) is 9.59 Å². The number of rotatable bonds is 4. The van der Waals surface area contributed by atoms with Crippen LogP contribution in [0.5, 0.6) is 0 Å². The van der Waals surface area contributed by atoms with E-state index in [9.17, 15) is 9.59 Å². The molecular formula is C2H5InN2O2. The van der Waals surface area contributed by atoms with E-state index in [2.05, 4.69) is 6.61 Å². The van der Waals surface area contributed by atoms with Gasteiger partial charge in [-0.15, -0.1) is 0 Å². The van der Waals surface area contributed by atoms with E-state index < -0.39 is 23.5 Å². The average molecular weight is 204 g/mol. The van der Waals surface area contributed by atoms with Gasteiger partial charge in [0.15, 0.2) is 0 Å². The van der Waals surface area contributed by atoms with Crippen LogP contribution in [-0.4, -0.2) is 36.3 Å². The zero-order valence-electron chi connectivity index (χ0n) is 3.68. The number of hydrogen-bond acceptors (Lipinski definition) is 2. The molecule has 0 spiro atoms. The zero-order chi connectivity index (χ0) is 5.54. The minimum absolute atomic E-state index is 0.604. The molecule has 4 nitrogen and oxygen atoms in total. The molecule has 0 atom stereocenters. The molecule has 0 aromatic rings. The first-order chi connectivity index (χ1) is 3.41. The molecule has 0 heterocycles. The van der Waals surface area contributed by atoms with Crippen LogP contribution in [0.4, 0.5) is 0 Å². The molecule has 0 saturated heterocycles. The normalized spacial score (nSPS) is 6.29. The summed E-state index contributed by atoms with van der Waals surface area (Å²) < 4.78 is 4.87. The molecule has 0 unspecified atom stereocenters. The summed E-state index contributed by atoms with van der Waals surface area (Å²) in [7, 11) is 0. The van der Waals surface area contributed by atoms with Crippen LogP contribution in [0.15, 0.2) is 0 Å². The molecule has 2 amide bonds. The van der Waals surface area contributed by atoms with Gasteiger partial charge >= 0.3 is 52.5 Å². The number of nitrogens with one attached hydrogen (secondary N) is 2. The fourth-order valence-electron chi connectivity index (χ4n) is 0.142. The fraction of sp³-hybridized carbons (Fsp3) is 0. The van der Waals surface area contributed by atoms with Crippen molar-refractivity contribution in [3.8, 4) is 0 Å². The van der Waals surface area contributed by atoms with Gasteiger partial charge in [0.1, 0.15) is 0 Å².